The molecule has 0 saturated carbocycles. The first-order valence-corrected chi connectivity index (χ1v) is 7.64. The number of aliphatic hydroxyl groups is 1. The van der Waals surface area contributed by atoms with Crippen LogP contribution in [0.3, 0.4) is 0 Å². The molecule has 1 saturated heterocycles. The van der Waals surface area contributed by atoms with E-state index in [1.165, 1.54) is 0 Å². The van der Waals surface area contributed by atoms with Crippen LogP contribution in [-0.4, -0.2) is 48.4 Å². The molecule has 1 aromatic carbocycles. The molecule has 0 radical (unpaired) electrons. The lowest BCUT2D eigenvalue weighted by atomic mass is 10.0. The lowest BCUT2D eigenvalue weighted by Crippen LogP contribution is -2.49. The van der Waals surface area contributed by atoms with Gasteiger partial charge in [-0.2, -0.15) is 0 Å². The van der Waals surface area contributed by atoms with Gasteiger partial charge in [-0.15, -0.1) is 0 Å². The van der Waals surface area contributed by atoms with E-state index in [0.717, 1.165) is 31.6 Å². The second kappa shape index (κ2) is 8.52. The highest BCUT2D eigenvalue weighted by Gasteiger charge is 2.25. The van der Waals surface area contributed by atoms with E-state index < -0.39 is 0 Å². The molecule has 0 aromatic heterocycles. The molecule has 2 amide bonds. The number of ether oxygens (including phenoxy) is 1. The zero-order valence-electron chi connectivity index (χ0n) is 12.3. The number of likely N-dealkylation sites (tertiary alicyclic amines) is 1. The van der Waals surface area contributed by atoms with Crippen molar-refractivity contribution in [1.29, 1.82) is 0 Å². The first-order valence-electron chi connectivity index (χ1n) is 7.64. The van der Waals surface area contributed by atoms with E-state index in [1.54, 1.807) is 0 Å². The third-order valence-corrected chi connectivity index (χ3v) is 3.74. The van der Waals surface area contributed by atoms with Gasteiger partial charge in [0.2, 0.25) is 0 Å². The van der Waals surface area contributed by atoms with Gasteiger partial charge in [-0.1, -0.05) is 18.2 Å². The highest BCUT2D eigenvalue weighted by Crippen LogP contribution is 2.19. The zero-order chi connectivity index (χ0) is 14.9. The van der Waals surface area contributed by atoms with Crippen LogP contribution in [0.2, 0.25) is 0 Å². The predicted molar refractivity (Wildman–Crippen MR) is 81.4 cm³/mol. The number of aliphatic hydroxyl groups excluding tert-OH is 1. The molecule has 2 rings (SSSR count). The van der Waals surface area contributed by atoms with Crippen molar-refractivity contribution < 1.29 is 14.6 Å². The largest absolute Gasteiger partial charge is 0.492 e. The molecule has 0 bridgehead atoms. The fourth-order valence-corrected chi connectivity index (χ4v) is 2.66. The summed E-state index contributed by atoms with van der Waals surface area (Å²) in [5.74, 6) is 0.808. The van der Waals surface area contributed by atoms with Crippen molar-refractivity contribution in [1.82, 2.24) is 10.2 Å². The maximum atomic E-state index is 12.2. The summed E-state index contributed by atoms with van der Waals surface area (Å²) in [7, 11) is 0. The van der Waals surface area contributed by atoms with Gasteiger partial charge in [0, 0.05) is 19.2 Å². The third-order valence-electron chi connectivity index (χ3n) is 3.74. The summed E-state index contributed by atoms with van der Waals surface area (Å²) in [6.45, 7) is 1.84. The number of hydrogen-bond acceptors (Lipinski definition) is 3. The van der Waals surface area contributed by atoms with Crippen LogP contribution in [0, 0.1) is 0 Å². The highest BCUT2D eigenvalue weighted by atomic mass is 16.5. The Kier molecular flexibility index (Phi) is 6.34. The Bertz CT molecular complexity index is 423. The number of piperidine rings is 1. The number of carbonyl (C=O) groups excluding carboxylic acids is 1. The van der Waals surface area contributed by atoms with Crippen LogP contribution in [0.15, 0.2) is 30.3 Å². The van der Waals surface area contributed by atoms with Crippen LogP contribution in [0.1, 0.15) is 25.7 Å². The van der Waals surface area contributed by atoms with Crippen molar-refractivity contribution in [2.75, 3.05) is 26.3 Å². The molecule has 21 heavy (non-hydrogen) atoms. The van der Waals surface area contributed by atoms with Crippen molar-refractivity contribution in [3.63, 3.8) is 0 Å². The molecule has 5 heteroatoms. The molecule has 5 nitrogen and oxygen atoms in total. The quantitative estimate of drug-likeness (QED) is 0.788. The van der Waals surface area contributed by atoms with E-state index >= 15 is 0 Å². The van der Waals surface area contributed by atoms with Crippen LogP contribution in [0.4, 0.5) is 4.79 Å². The maximum absolute atomic E-state index is 12.2. The second-order valence-electron chi connectivity index (χ2n) is 5.25. The Morgan fingerprint density at radius 1 is 1.33 bits per heavy atom. The van der Waals surface area contributed by atoms with Crippen LogP contribution in [0.25, 0.3) is 0 Å². The number of urea groups is 1. The molecular weight excluding hydrogens is 268 g/mol. The Morgan fingerprint density at radius 3 is 2.90 bits per heavy atom. The lowest BCUT2D eigenvalue weighted by molar-refractivity contribution is 0.131. The van der Waals surface area contributed by atoms with Crippen molar-refractivity contribution >= 4 is 6.03 Å². The standard InChI is InChI=1S/C16H24N2O3/c19-12-9-14-6-4-5-11-18(14)16(20)17-10-13-21-15-7-2-1-3-8-15/h1-3,7-8,14,19H,4-6,9-13H2,(H,17,20). The second-order valence-corrected chi connectivity index (χ2v) is 5.25. The predicted octanol–water partition coefficient (Wildman–Crippen LogP) is 2.01. The number of nitrogens with one attached hydrogen (secondary N) is 1. The maximum Gasteiger partial charge on any atom is 0.317 e. The minimum absolute atomic E-state index is 0.0511. The van der Waals surface area contributed by atoms with Gasteiger partial charge in [-0.3, -0.25) is 0 Å². The van der Waals surface area contributed by atoms with Crippen molar-refractivity contribution in [2.45, 2.75) is 31.7 Å². The van der Waals surface area contributed by atoms with Gasteiger partial charge in [0.25, 0.3) is 0 Å². The topological polar surface area (TPSA) is 61.8 Å². The van der Waals surface area contributed by atoms with Gasteiger partial charge in [-0.25, -0.2) is 4.79 Å². The molecule has 1 fully saturated rings. The molecule has 116 valence electrons. The average Bonchev–Trinajstić information content (AvgIpc) is 2.53. The molecule has 0 aliphatic carbocycles. The molecule has 1 aliphatic rings. The summed E-state index contributed by atoms with van der Waals surface area (Å²) in [6, 6.07) is 9.67. The molecule has 1 aromatic rings. The first kappa shape index (κ1) is 15.6. The van der Waals surface area contributed by atoms with Crippen molar-refractivity contribution in [2.24, 2.45) is 0 Å². The number of nitrogens with zero attached hydrogens (tertiary/aromatic N) is 1. The number of para-hydroxylation sites is 1. The van der Waals surface area contributed by atoms with Crippen LogP contribution in [-0.2, 0) is 0 Å². The molecule has 1 heterocycles. The Hall–Kier alpha value is -1.75. The summed E-state index contributed by atoms with van der Waals surface area (Å²) in [6.07, 6.45) is 3.81. The number of benzene rings is 1. The zero-order valence-corrected chi connectivity index (χ0v) is 12.3. The van der Waals surface area contributed by atoms with Gasteiger partial charge in [0.1, 0.15) is 12.4 Å². The van der Waals surface area contributed by atoms with Gasteiger partial charge >= 0.3 is 6.03 Å². The average molecular weight is 292 g/mol. The van der Waals surface area contributed by atoms with Crippen molar-refractivity contribution in [3.05, 3.63) is 30.3 Å². The monoisotopic (exact) mass is 292 g/mol. The Morgan fingerprint density at radius 2 is 2.14 bits per heavy atom. The fourth-order valence-electron chi connectivity index (χ4n) is 2.66. The van der Waals surface area contributed by atoms with E-state index in [4.69, 9.17) is 9.84 Å². The van der Waals surface area contributed by atoms with Gasteiger partial charge in [0.05, 0.1) is 6.54 Å². The van der Waals surface area contributed by atoms with Gasteiger partial charge < -0.3 is 20.1 Å². The summed E-state index contributed by atoms with van der Waals surface area (Å²) in [5, 5.41) is 12.0. The number of rotatable bonds is 6. The number of hydrogen-bond donors (Lipinski definition) is 2. The lowest BCUT2D eigenvalue weighted by Gasteiger charge is -2.35. The number of amides is 2. The molecule has 0 spiro atoms. The smallest absolute Gasteiger partial charge is 0.317 e. The molecule has 2 N–H and O–H groups in total. The van der Waals surface area contributed by atoms with E-state index in [1.807, 2.05) is 35.2 Å². The third kappa shape index (κ3) is 4.93. The summed E-state index contributed by atoms with van der Waals surface area (Å²) in [5.41, 5.74) is 0. The van der Waals surface area contributed by atoms with Crippen LogP contribution in [0.5, 0.6) is 5.75 Å². The van der Waals surface area contributed by atoms with E-state index in [-0.39, 0.29) is 18.7 Å². The van der Waals surface area contributed by atoms with E-state index in [9.17, 15) is 4.79 Å². The molecule has 1 aliphatic heterocycles. The number of carbonyl (C=O) groups is 1. The summed E-state index contributed by atoms with van der Waals surface area (Å²) >= 11 is 0. The summed E-state index contributed by atoms with van der Waals surface area (Å²) < 4.78 is 5.54. The molecular formula is C16H24N2O3. The fraction of sp³-hybridized carbons (Fsp3) is 0.562. The first-order chi connectivity index (χ1) is 10.3. The van der Waals surface area contributed by atoms with E-state index in [2.05, 4.69) is 5.32 Å². The van der Waals surface area contributed by atoms with Gasteiger partial charge in [-0.05, 0) is 37.8 Å². The van der Waals surface area contributed by atoms with Gasteiger partial charge in [0.15, 0.2) is 0 Å². The van der Waals surface area contributed by atoms with E-state index in [0.29, 0.717) is 19.6 Å². The Balaban J connectivity index is 1.70. The van der Waals surface area contributed by atoms with Crippen molar-refractivity contribution in [3.8, 4) is 5.75 Å². The highest BCUT2D eigenvalue weighted by molar-refractivity contribution is 5.74. The molecule has 1 unspecified atom stereocenters. The minimum Gasteiger partial charge on any atom is -0.492 e. The normalized spacial score (nSPS) is 18.3. The summed E-state index contributed by atoms with van der Waals surface area (Å²) in [4.78, 5) is 14.0. The SMILES string of the molecule is O=C(NCCOc1ccccc1)N1CCCCC1CCO. The Labute approximate surface area is 125 Å². The minimum atomic E-state index is -0.0511. The van der Waals surface area contributed by atoms with Crippen LogP contribution >= 0.6 is 0 Å². The van der Waals surface area contributed by atoms with Crippen LogP contribution < -0.4 is 10.1 Å². The molecule has 1 atom stereocenters.